The Balaban J connectivity index is 2.61. The molecule has 0 aliphatic carbocycles. The molecule has 1 heterocycles. The number of allylic oxidation sites excluding steroid dienone is 1. The Morgan fingerprint density at radius 3 is 2.86 bits per heavy atom. The molecule has 6 nitrogen and oxygen atoms in total. The molecule has 0 atom stereocenters. The molecule has 1 N–H and O–H groups in total. The van der Waals surface area contributed by atoms with Crippen LogP contribution in [0, 0.1) is 0 Å². The first-order valence-electron chi connectivity index (χ1n) is 7.27. The van der Waals surface area contributed by atoms with Crippen molar-refractivity contribution in [1.29, 1.82) is 0 Å². The van der Waals surface area contributed by atoms with Crippen molar-refractivity contribution in [2.45, 2.75) is 26.3 Å². The smallest absolute Gasteiger partial charge is 0.433 e. The maximum absolute atomic E-state index is 12.5. The van der Waals surface area contributed by atoms with Gasteiger partial charge in [0.25, 0.3) is 5.56 Å². The number of hydrogen-bond acceptors (Lipinski definition) is 4. The van der Waals surface area contributed by atoms with Crippen molar-refractivity contribution < 1.29 is 14.6 Å². The number of carbonyl (C=O) groups excluding carboxylic acids is 1. The lowest BCUT2D eigenvalue weighted by molar-refractivity contribution is 0.147. The molecular formula is C16H20N2O4. The Hall–Kier alpha value is -2.34. The van der Waals surface area contributed by atoms with Crippen LogP contribution in [0.4, 0.5) is 4.79 Å². The van der Waals surface area contributed by atoms with Crippen molar-refractivity contribution in [3.63, 3.8) is 0 Å². The van der Waals surface area contributed by atoms with E-state index in [0.717, 1.165) is 5.56 Å². The summed E-state index contributed by atoms with van der Waals surface area (Å²) in [4.78, 5) is 24.6. The van der Waals surface area contributed by atoms with Crippen LogP contribution in [0.5, 0.6) is 0 Å². The summed E-state index contributed by atoms with van der Waals surface area (Å²) in [6, 6.07) is 5.36. The second kappa shape index (κ2) is 7.09. The van der Waals surface area contributed by atoms with Crippen LogP contribution in [0.25, 0.3) is 10.9 Å². The Bertz CT molecular complexity index is 742. The number of rotatable bonds is 6. The molecule has 0 fully saturated rings. The third kappa shape index (κ3) is 2.96. The van der Waals surface area contributed by atoms with E-state index < -0.39 is 6.09 Å². The quantitative estimate of drug-likeness (QED) is 0.827. The summed E-state index contributed by atoms with van der Waals surface area (Å²) in [5, 5.41) is 9.37. The molecule has 1 aromatic carbocycles. The molecule has 0 aliphatic rings. The monoisotopic (exact) mass is 304 g/mol. The minimum absolute atomic E-state index is 0.0998. The molecule has 118 valence electrons. The van der Waals surface area contributed by atoms with Gasteiger partial charge in [-0.3, -0.25) is 4.79 Å². The predicted molar refractivity (Wildman–Crippen MR) is 84.2 cm³/mol. The van der Waals surface area contributed by atoms with Crippen LogP contribution < -0.4 is 5.56 Å². The first kappa shape index (κ1) is 16.0. The van der Waals surface area contributed by atoms with Crippen LogP contribution in [-0.2, 0) is 17.7 Å². The van der Waals surface area contributed by atoms with Crippen molar-refractivity contribution in [1.82, 2.24) is 9.36 Å². The second-order valence-corrected chi connectivity index (χ2v) is 4.87. The second-order valence-electron chi connectivity index (χ2n) is 4.87. The summed E-state index contributed by atoms with van der Waals surface area (Å²) in [5.74, 6) is 0. The molecule has 0 radical (unpaired) electrons. The van der Waals surface area contributed by atoms with E-state index in [1.165, 1.54) is 9.36 Å². The van der Waals surface area contributed by atoms with Gasteiger partial charge >= 0.3 is 6.09 Å². The minimum atomic E-state index is -0.584. The third-order valence-corrected chi connectivity index (χ3v) is 3.36. The average molecular weight is 304 g/mol. The van der Waals surface area contributed by atoms with E-state index in [1.807, 2.05) is 6.07 Å². The summed E-state index contributed by atoms with van der Waals surface area (Å²) in [6.07, 6.45) is 2.28. The maximum atomic E-state index is 12.5. The summed E-state index contributed by atoms with van der Waals surface area (Å²) in [5.41, 5.74) is 1.21. The highest BCUT2D eigenvalue weighted by molar-refractivity contribution is 5.88. The zero-order valence-corrected chi connectivity index (χ0v) is 12.6. The van der Waals surface area contributed by atoms with Gasteiger partial charge in [-0.1, -0.05) is 12.1 Å². The van der Waals surface area contributed by atoms with Crippen molar-refractivity contribution in [2.24, 2.45) is 0 Å². The lowest BCUT2D eigenvalue weighted by Crippen LogP contribution is -2.27. The van der Waals surface area contributed by atoms with Crippen LogP contribution in [0.15, 0.2) is 35.6 Å². The highest BCUT2D eigenvalue weighted by Gasteiger charge is 2.18. The molecule has 0 saturated carbocycles. The fraction of sp³-hybridized carbons (Fsp3) is 0.375. The predicted octanol–water partition coefficient (Wildman–Crippen LogP) is 1.92. The number of aliphatic hydroxyl groups excluding tert-OH is 1. The molecule has 1 aromatic heterocycles. The fourth-order valence-corrected chi connectivity index (χ4v) is 2.41. The third-order valence-electron chi connectivity index (χ3n) is 3.36. The number of fused-ring (bicyclic) bond motifs is 1. The Morgan fingerprint density at radius 2 is 2.23 bits per heavy atom. The molecule has 2 rings (SSSR count). The minimum Gasteiger partial charge on any atom is -0.448 e. The van der Waals surface area contributed by atoms with E-state index >= 15 is 0 Å². The van der Waals surface area contributed by atoms with Crippen molar-refractivity contribution >= 4 is 17.0 Å². The summed E-state index contributed by atoms with van der Waals surface area (Å²) < 4.78 is 7.59. The molecule has 2 aromatic rings. The van der Waals surface area contributed by atoms with Gasteiger partial charge < -0.3 is 9.84 Å². The van der Waals surface area contributed by atoms with Crippen molar-refractivity contribution in [3.05, 3.63) is 46.8 Å². The van der Waals surface area contributed by atoms with Gasteiger partial charge in [0.1, 0.15) is 0 Å². The molecule has 0 saturated heterocycles. The van der Waals surface area contributed by atoms with Gasteiger partial charge in [0.2, 0.25) is 0 Å². The normalized spacial score (nSPS) is 10.8. The van der Waals surface area contributed by atoms with E-state index in [-0.39, 0.29) is 25.3 Å². The number of carbonyl (C=O) groups is 1. The Kier molecular flexibility index (Phi) is 5.16. The fourth-order valence-electron chi connectivity index (χ4n) is 2.41. The van der Waals surface area contributed by atoms with Crippen LogP contribution >= 0.6 is 0 Å². The zero-order chi connectivity index (χ0) is 16.1. The van der Waals surface area contributed by atoms with E-state index in [1.54, 1.807) is 25.1 Å². The number of hydrogen-bond donors (Lipinski definition) is 1. The number of aryl methyl sites for hydroxylation is 1. The van der Waals surface area contributed by atoms with E-state index in [4.69, 9.17) is 9.84 Å². The number of benzene rings is 1. The average Bonchev–Trinajstić information content (AvgIpc) is 2.78. The molecule has 0 amide bonds. The highest BCUT2D eigenvalue weighted by Crippen LogP contribution is 2.16. The molecule has 6 heteroatoms. The van der Waals surface area contributed by atoms with Gasteiger partial charge in [0.05, 0.1) is 24.1 Å². The summed E-state index contributed by atoms with van der Waals surface area (Å²) in [6.45, 7) is 5.89. The number of aromatic nitrogens is 2. The van der Waals surface area contributed by atoms with Gasteiger partial charge in [-0.2, -0.15) is 4.68 Å². The molecular weight excluding hydrogens is 284 g/mol. The number of ether oxygens (including phenoxy) is 1. The van der Waals surface area contributed by atoms with Gasteiger partial charge in [0.15, 0.2) is 0 Å². The van der Waals surface area contributed by atoms with E-state index in [9.17, 15) is 9.59 Å². The largest absolute Gasteiger partial charge is 0.448 e. The summed E-state index contributed by atoms with van der Waals surface area (Å²) >= 11 is 0. The zero-order valence-electron chi connectivity index (χ0n) is 12.6. The van der Waals surface area contributed by atoms with Crippen LogP contribution in [-0.4, -0.2) is 33.8 Å². The lowest BCUT2D eigenvalue weighted by Gasteiger charge is -2.09. The molecule has 0 spiro atoms. The van der Waals surface area contributed by atoms with Gasteiger partial charge in [-0.15, -0.1) is 6.58 Å². The van der Waals surface area contributed by atoms with Crippen LogP contribution in [0.3, 0.4) is 0 Å². The van der Waals surface area contributed by atoms with E-state index in [0.29, 0.717) is 23.7 Å². The first-order valence-corrected chi connectivity index (χ1v) is 7.27. The number of aliphatic hydroxyl groups is 1. The topological polar surface area (TPSA) is 73.5 Å². The standard InChI is InChI=1S/C16H20N2O4/c1-3-9-17-15(20)13-11-12(6-5-10-19)7-8-14(13)18(17)16(21)22-4-2/h3,7-8,11,19H,1,4-6,9-10H2,2H3. The Morgan fingerprint density at radius 1 is 1.45 bits per heavy atom. The molecule has 0 aliphatic heterocycles. The Labute approximate surface area is 128 Å². The number of nitrogens with zero attached hydrogens (tertiary/aromatic N) is 2. The van der Waals surface area contributed by atoms with E-state index in [2.05, 4.69) is 6.58 Å². The summed E-state index contributed by atoms with van der Waals surface area (Å²) in [7, 11) is 0. The highest BCUT2D eigenvalue weighted by atomic mass is 16.6. The van der Waals surface area contributed by atoms with Gasteiger partial charge in [-0.25, -0.2) is 9.48 Å². The van der Waals surface area contributed by atoms with Crippen molar-refractivity contribution in [2.75, 3.05) is 13.2 Å². The van der Waals surface area contributed by atoms with Crippen molar-refractivity contribution in [3.8, 4) is 0 Å². The van der Waals surface area contributed by atoms with Gasteiger partial charge in [0, 0.05) is 6.61 Å². The van der Waals surface area contributed by atoms with Crippen LogP contribution in [0.1, 0.15) is 18.9 Å². The first-order chi connectivity index (χ1) is 10.6. The lowest BCUT2D eigenvalue weighted by atomic mass is 10.1. The SMILES string of the molecule is C=CCn1c(=O)c2cc(CCCO)ccc2n1C(=O)OCC. The van der Waals surface area contributed by atoms with Crippen LogP contribution in [0.2, 0.25) is 0 Å². The molecule has 0 bridgehead atoms. The maximum Gasteiger partial charge on any atom is 0.433 e. The van der Waals surface area contributed by atoms with Gasteiger partial charge in [-0.05, 0) is 37.5 Å². The molecule has 22 heavy (non-hydrogen) atoms. The molecule has 0 unspecified atom stereocenters.